The lowest BCUT2D eigenvalue weighted by Gasteiger charge is -2.23. The molecule has 0 saturated carbocycles. The van der Waals surface area contributed by atoms with Gasteiger partial charge in [-0.1, -0.05) is 84.9 Å². The van der Waals surface area contributed by atoms with Crippen LogP contribution in [0, 0.1) is 0 Å². The predicted octanol–water partition coefficient (Wildman–Crippen LogP) is 0.293. The standard InChI is InChI=1S/C41H56N12O7.C2HF3O2/c42-20-19-35(56)47-23-22-45-33(54)17-18-34(55)46-24-25-49-41(60)53-39(43)48-21-7-12-32(37(57)50-26-28-13-15-29(16-14-28)27-51-40(44)59)52-38(58)36(30-8-3-1-4-9-30)31-10-5-2-6-11-31;3-2(4,5)1(6)7/h1-6,8-11,13-16,32,36H,7,12,17-27,42H2,(H,45,54)(H,46,55)(H,47,56)(H,50,57)(H,52,58)(H3,44,51,59)(H4,43,48,49,53,60);(H,6,7)/t32-;/m1./s1. The van der Waals surface area contributed by atoms with Crippen molar-refractivity contribution in [3.05, 3.63) is 107 Å². The lowest BCUT2D eigenvalue weighted by Crippen LogP contribution is -2.48. The van der Waals surface area contributed by atoms with E-state index in [1.54, 1.807) is 12.1 Å². The van der Waals surface area contributed by atoms with Crippen molar-refractivity contribution in [1.82, 2.24) is 42.5 Å². The molecule has 0 spiro atoms. The summed E-state index contributed by atoms with van der Waals surface area (Å²) in [7, 11) is 0. The molecular formula is C43H57F3N12O9. The van der Waals surface area contributed by atoms with E-state index in [-0.39, 0.29) is 108 Å². The SMILES string of the molecule is NCCC(=O)NCCNC(=O)CCC(=O)NCCNC(=O)NC(N)=NCCC[C@@H](NC(=O)C(c1ccccc1)c1ccccc1)C(=O)NCc1ccc(CNC(N)=O)cc1.O=C(O)C(F)(F)F. The van der Waals surface area contributed by atoms with Crippen LogP contribution in [-0.4, -0.2) is 110 Å². The first-order valence-corrected chi connectivity index (χ1v) is 20.8. The van der Waals surface area contributed by atoms with Gasteiger partial charge in [0.15, 0.2) is 5.96 Å². The highest BCUT2D eigenvalue weighted by molar-refractivity contribution is 5.95. The zero-order valence-electron chi connectivity index (χ0n) is 36.5. The fourth-order valence-corrected chi connectivity index (χ4v) is 5.69. The van der Waals surface area contributed by atoms with Crippen molar-refractivity contribution in [3.63, 3.8) is 0 Å². The minimum absolute atomic E-state index is 0.0440. The van der Waals surface area contributed by atoms with Gasteiger partial charge in [0, 0.05) is 71.6 Å². The topological polar surface area (TPSA) is 343 Å². The summed E-state index contributed by atoms with van der Waals surface area (Å²) < 4.78 is 31.7. The molecule has 3 aromatic carbocycles. The van der Waals surface area contributed by atoms with Crippen molar-refractivity contribution in [2.75, 3.05) is 39.3 Å². The first-order chi connectivity index (χ1) is 31.9. The molecule has 0 heterocycles. The van der Waals surface area contributed by atoms with E-state index in [1.165, 1.54) is 0 Å². The lowest BCUT2D eigenvalue weighted by atomic mass is 9.90. The number of hydrogen-bond acceptors (Lipinski definition) is 10. The molecule has 9 amide bonds. The van der Waals surface area contributed by atoms with Crippen LogP contribution in [0.2, 0.25) is 0 Å². The first kappa shape index (κ1) is 55.4. The third kappa shape index (κ3) is 24.2. The van der Waals surface area contributed by atoms with Crippen LogP contribution < -0.4 is 59.7 Å². The molecule has 0 aliphatic rings. The summed E-state index contributed by atoms with van der Waals surface area (Å²) >= 11 is 0. The number of hydrogen-bond donors (Lipinski definition) is 12. The number of aliphatic imine (C=N–C) groups is 1. The molecule has 0 aliphatic carbocycles. The summed E-state index contributed by atoms with van der Waals surface area (Å²) in [4.78, 5) is 99.4. The van der Waals surface area contributed by atoms with Gasteiger partial charge in [0.1, 0.15) is 6.04 Å². The zero-order valence-corrected chi connectivity index (χ0v) is 36.5. The molecular weight excluding hydrogens is 886 g/mol. The van der Waals surface area contributed by atoms with E-state index in [4.69, 9.17) is 27.1 Å². The molecule has 21 nitrogen and oxygen atoms in total. The number of carbonyl (C=O) groups excluding carboxylic acids is 7. The quantitative estimate of drug-likeness (QED) is 0.0329. The fraction of sp³-hybridized carbons (Fsp3) is 0.372. The molecule has 0 bridgehead atoms. The van der Waals surface area contributed by atoms with Crippen LogP contribution in [0.1, 0.15) is 60.3 Å². The average molecular weight is 943 g/mol. The van der Waals surface area contributed by atoms with Crippen molar-refractivity contribution in [2.24, 2.45) is 22.2 Å². The normalized spacial score (nSPS) is 11.4. The molecule has 0 fully saturated rings. The van der Waals surface area contributed by atoms with Gasteiger partial charge in [-0.3, -0.25) is 34.3 Å². The number of primary amides is 1. The van der Waals surface area contributed by atoms with Crippen molar-refractivity contribution in [1.29, 1.82) is 0 Å². The Morgan fingerprint density at radius 2 is 1.06 bits per heavy atom. The van der Waals surface area contributed by atoms with Gasteiger partial charge in [0.2, 0.25) is 29.5 Å². The van der Waals surface area contributed by atoms with E-state index in [9.17, 15) is 46.7 Å². The summed E-state index contributed by atoms with van der Waals surface area (Å²) in [5.74, 6) is -5.31. The maximum absolute atomic E-state index is 13.9. The van der Waals surface area contributed by atoms with Gasteiger partial charge in [-0.15, -0.1) is 0 Å². The molecule has 24 heteroatoms. The van der Waals surface area contributed by atoms with E-state index in [2.05, 4.69) is 47.5 Å². The Hall–Kier alpha value is -7.76. The van der Waals surface area contributed by atoms with Crippen molar-refractivity contribution in [3.8, 4) is 0 Å². The van der Waals surface area contributed by atoms with Crippen molar-refractivity contribution < 1.29 is 56.6 Å². The Labute approximate surface area is 384 Å². The van der Waals surface area contributed by atoms with Gasteiger partial charge in [-0.25, -0.2) is 14.4 Å². The van der Waals surface area contributed by atoms with Crippen LogP contribution in [-0.2, 0) is 41.9 Å². The number of carbonyl (C=O) groups is 8. The van der Waals surface area contributed by atoms with E-state index >= 15 is 0 Å². The number of alkyl halides is 3. The second-order valence-corrected chi connectivity index (χ2v) is 14.2. The smallest absolute Gasteiger partial charge is 0.475 e. The minimum Gasteiger partial charge on any atom is -0.475 e. The van der Waals surface area contributed by atoms with E-state index in [0.717, 1.165) is 22.3 Å². The van der Waals surface area contributed by atoms with Gasteiger partial charge in [-0.2, -0.15) is 13.2 Å². The van der Waals surface area contributed by atoms with E-state index in [1.807, 2.05) is 72.8 Å². The number of halogens is 3. The highest BCUT2D eigenvalue weighted by Crippen LogP contribution is 2.25. The lowest BCUT2D eigenvalue weighted by molar-refractivity contribution is -0.192. The zero-order chi connectivity index (χ0) is 49.6. The number of amides is 9. The summed E-state index contributed by atoms with van der Waals surface area (Å²) in [5.41, 5.74) is 19.5. The van der Waals surface area contributed by atoms with Gasteiger partial charge in [-0.05, 0) is 35.1 Å². The maximum Gasteiger partial charge on any atom is 0.490 e. The number of aliphatic carboxylic acids is 1. The molecule has 364 valence electrons. The van der Waals surface area contributed by atoms with Crippen molar-refractivity contribution >= 4 is 53.5 Å². The van der Waals surface area contributed by atoms with Crippen LogP contribution in [0.25, 0.3) is 0 Å². The molecule has 1 atom stereocenters. The van der Waals surface area contributed by atoms with Crippen LogP contribution in [0.4, 0.5) is 22.8 Å². The molecule has 67 heavy (non-hydrogen) atoms. The number of urea groups is 2. The van der Waals surface area contributed by atoms with Crippen molar-refractivity contribution in [2.45, 2.75) is 63.3 Å². The predicted molar refractivity (Wildman–Crippen MR) is 239 cm³/mol. The molecule has 3 rings (SSSR count). The Morgan fingerprint density at radius 3 is 1.51 bits per heavy atom. The number of benzene rings is 3. The highest BCUT2D eigenvalue weighted by Gasteiger charge is 2.38. The van der Waals surface area contributed by atoms with Gasteiger partial charge >= 0.3 is 24.2 Å². The third-order valence-corrected chi connectivity index (χ3v) is 8.99. The summed E-state index contributed by atoms with van der Waals surface area (Å²) in [6.45, 7) is 1.45. The second-order valence-electron chi connectivity index (χ2n) is 14.2. The molecule has 3 aromatic rings. The van der Waals surface area contributed by atoms with Crippen LogP contribution in [0.5, 0.6) is 0 Å². The van der Waals surface area contributed by atoms with E-state index in [0.29, 0.717) is 6.42 Å². The summed E-state index contributed by atoms with van der Waals surface area (Å²) in [6.07, 6.45) is -4.47. The Balaban J connectivity index is 0.00000203. The summed E-state index contributed by atoms with van der Waals surface area (Å²) in [5, 5.41) is 28.2. The van der Waals surface area contributed by atoms with Gasteiger partial charge in [0.05, 0.1) is 5.92 Å². The molecule has 0 radical (unpaired) electrons. The molecule has 0 aliphatic heterocycles. The largest absolute Gasteiger partial charge is 0.490 e. The number of carboxylic acid groups (broad SMARTS) is 1. The van der Waals surface area contributed by atoms with Gasteiger partial charge in [0.25, 0.3) is 0 Å². The van der Waals surface area contributed by atoms with Crippen LogP contribution in [0.3, 0.4) is 0 Å². The molecule has 15 N–H and O–H groups in total. The van der Waals surface area contributed by atoms with Crippen LogP contribution >= 0.6 is 0 Å². The third-order valence-electron chi connectivity index (χ3n) is 8.99. The monoisotopic (exact) mass is 942 g/mol. The number of nitrogens with zero attached hydrogens (tertiary/aromatic N) is 1. The first-order valence-electron chi connectivity index (χ1n) is 20.8. The highest BCUT2D eigenvalue weighted by atomic mass is 19.4. The number of guanidine groups is 1. The van der Waals surface area contributed by atoms with Gasteiger partial charge < -0.3 is 59.5 Å². The Kier molecular flexibility index (Phi) is 25.1. The van der Waals surface area contributed by atoms with Crippen LogP contribution in [0.15, 0.2) is 89.9 Å². The molecule has 0 saturated heterocycles. The maximum atomic E-state index is 13.9. The number of carboxylic acids is 1. The minimum atomic E-state index is -5.08. The van der Waals surface area contributed by atoms with E-state index < -0.39 is 42.1 Å². The number of nitrogens with two attached hydrogens (primary N) is 3. The Morgan fingerprint density at radius 1 is 0.612 bits per heavy atom. The summed E-state index contributed by atoms with van der Waals surface area (Å²) in [6, 6.07) is 23.5. The average Bonchev–Trinajstić information content (AvgIpc) is 3.29. The number of nitrogens with one attached hydrogen (secondary N) is 8. The molecule has 0 aromatic heterocycles. The molecule has 0 unspecified atom stereocenters. The fourth-order valence-electron chi connectivity index (χ4n) is 5.69. The Bertz CT molecular complexity index is 2060. The number of rotatable bonds is 24. The second kappa shape index (κ2) is 30.4.